The number of hydrogen-bond donors (Lipinski definition) is 0. The Hall–Kier alpha value is -3.05. The average Bonchev–Trinajstić information content (AvgIpc) is 2.95. The fraction of sp³-hybridized carbons (Fsp3) is 0.292. The van der Waals surface area contributed by atoms with Gasteiger partial charge in [0.15, 0.2) is 6.10 Å². The molecule has 2 aliphatic heterocycles. The molecule has 2 aromatic carbocycles. The van der Waals surface area contributed by atoms with E-state index in [0.717, 1.165) is 17.0 Å². The van der Waals surface area contributed by atoms with Gasteiger partial charge in [-0.2, -0.15) is 0 Å². The van der Waals surface area contributed by atoms with Crippen LogP contribution < -0.4 is 4.74 Å². The first-order valence-electron chi connectivity index (χ1n) is 9.88. The molecule has 3 heterocycles. The molecule has 5 rings (SSSR count). The van der Waals surface area contributed by atoms with Crippen LogP contribution in [-0.2, 0) is 23.1 Å². The summed E-state index contributed by atoms with van der Waals surface area (Å²) in [6.07, 6.45) is 1.51. The van der Waals surface area contributed by atoms with Crippen molar-refractivity contribution in [3.8, 4) is 5.75 Å². The van der Waals surface area contributed by atoms with Crippen molar-refractivity contribution >= 4 is 16.8 Å². The molecule has 0 spiro atoms. The van der Waals surface area contributed by atoms with E-state index in [1.807, 2.05) is 35.2 Å². The van der Waals surface area contributed by atoms with Crippen LogP contribution in [-0.4, -0.2) is 35.2 Å². The van der Waals surface area contributed by atoms with E-state index in [1.54, 1.807) is 7.11 Å². The van der Waals surface area contributed by atoms with Crippen LogP contribution in [0.25, 0.3) is 10.9 Å². The summed E-state index contributed by atoms with van der Waals surface area (Å²) in [6, 6.07) is 16.2. The molecule has 29 heavy (non-hydrogen) atoms. The molecule has 3 unspecified atom stereocenters. The highest BCUT2D eigenvalue weighted by molar-refractivity contribution is 5.92. The second-order valence-electron chi connectivity index (χ2n) is 7.73. The summed E-state index contributed by atoms with van der Waals surface area (Å²) >= 11 is 0. The molecule has 0 N–H and O–H groups in total. The van der Waals surface area contributed by atoms with E-state index >= 15 is 0 Å². The van der Waals surface area contributed by atoms with Crippen molar-refractivity contribution in [1.29, 1.82) is 0 Å². The zero-order valence-corrected chi connectivity index (χ0v) is 16.7. The van der Waals surface area contributed by atoms with E-state index in [0.29, 0.717) is 13.2 Å². The first-order chi connectivity index (χ1) is 14.1. The van der Waals surface area contributed by atoms with Gasteiger partial charge in [0.05, 0.1) is 13.7 Å². The molecule has 0 saturated carbocycles. The minimum atomic E-state index is -0.431. The topological polar surface area (TPSA) is 43.7 Å². The predicted molar refractivity (Wildman–Crippen MR) is 112 cm³/mol. The van der Waals surface area contributed by atoms with Gasteiger partial charge in [-0.05, 0) is 29.3 Å². The molecule has 1 aromatic heterocycles. The molecular formula is C24H24N2O3. The molecule has 0 aliphatic carbocycles. The zero-order valence-electron chi connectivity index (χ0n) is 16.7. The molecular weight excluding hydrogens is 364 g/mol. The number of amides is 1. The van der Waals surface area contributed by atoms with Crippen molar-refractivity contribution < 1.29 is 14.3 Å². The van der Waals surface area contributed by atoms with E-state index in [9.17, 15) is 4.79 Å². The zero-order chi connectivity index (χ0) is 20.1. The Bertz CT molecular complexity index is 1100. The highest BCUT2D eigenvalue weighted by atomic mass is 16.5. The van der Waals surface area contributed by atoms with Gasteiger partial charge >= 0.3 is 0 Å². The first kappa shape index (κ1) is 18.0. The molecule has 3 atom stereocenters. The van der Waals surface area contributed by atoms with E-state index in [4.69, 9.17) is 9.47 Å². The number of benzene rings is 2. The lowest BCUT2D eigenvalue weighted by Gasteiger charge is -2.46. The monoisotopic (exact) mass is 388 g/mol. The molecule has 0 radical (unpaired) electrons. The van der Waals surface area contributed by atoms with E-state index in [1.165, 1.54) is 16.5 Å². The van der Waals surface area contributed by atoms with Crippen molar-refractivity contribution in [1.82, 2.24) is 9.47 Å². The lowest BCUT2D eigenvalue weighted by Crippen LogP contribution is -2.59. The number of aromatic nitrogens is 1. The van der Waals surface area contributed by atoms with Crippen LogP contribution in [0.3, 0.4) is 0 Å². The Kier molecular flexibility index (Phi) is 4.21. The maximum atomic E-state index is 12.9. The third kappa shape index (κ3) is 2.61. The number of hydrogen-bond acceptors (Lipinski definition) is 3. The number of likely N-dealkylation sites (tertiary alicyclic amines) is 1. The number of fused-ring (bicyclic) bond motifs is 5. The fourth-order valence-electron chi connectivity index (χ4n) is 4.74. The fourth-order valence-corrected chi connectivity index (χ4v) is 4.74. The summed E-state index contributed by atoms with van der Waals surface area (Å²) in [4.78, 5) is 14.9. The van der Waals surface area contributed by atoms with Gasteiger partial charge in [-0.3, -0.25) is 4.79 Å². The standard InChI is InChI=1S/C24H24N2O3/c1-4-16-14-29-23-22(21-20(16)18-7-5-6-8-19(18)25(21)2)26(24(23)27)13-15-9-11-17(28-3)12-10-15/h4-12,16,22-23H,1,13-14H2,2-3H3. The van der Waals surface area contributed by atoms with Gasteiger partial charge in [-0.1, -0.05) is 36.4 Å². The molecule has 0 bridgehead atoms. The summed E-state index contributed by atoms with van der Waals surface area (Å²) < 4.78 is 13.5. The smallest absolute Gasteiger partial charge is 0.255 e. The lowest BCUT2D eigenvalue weighted by atomic mass is 9.88. The van der Waals surface area contributed by atoms with Crippen LogP contribution in [0, 0.1) is 0 Å². The van der Waals surface area contributed by atoms with Crippen LogP contribution in [0.2, 0.25) is 0 Å². The van der Waals surface area contributed by atoms with Crippen LogP contribution in [0.5, 0.6) is 5.75 Å². The normalized spacial score (nSPS) is 23.2. The third-order valence-electron chi connectivity index (χ3n) is 6.24. The van der Waals surface area contributed by atoms with Gasteiger partial charge < -0.3 is 18.9 Å². The van der Waals surface area contributed by atoms with Crippen LogP contribution in [0.4, 0.5) is 0 Å². The Morgan fingerprint density at radius 3 is 2.69 bits per heavy atom. The summed E-state index contributed by atoms with van der Waals surface area (Å²) in [5, 5.41) is 1.21. The minimum absolute atomic E-state index is 0.0479. The number of rotatable bonds is 4. The predicted octanol–water partition coefficient (Wildman–Crippen LogP) is 3.94. The molecule has 1 saturated heterocycles. The van der Waals surface area contributed by atoms with Gasteiger partial charge in [0.1, 0.15) is 11.8 Å². The number of aryl methyl sites for hydroxylation is 1. The molecule has 3 aromatic rings. The van der Waals surface area contributed by atoms with E-state index in [-0.39, 0.29) is 17.9 Å². The number of methoxy groups -OCH3 is 1. The maximum Gasteiger partial charge on any atom is 0.255 e. The summed E-state index contributed by atoms with van der Waals surface area (Å²) in [5.74, 6) is 0.924. The van der Waals surface area contributed by atoms with E-state index < -0.39 is 6.10 Å². The van der Waals surface area contributed by atoms with Gasteiger partial charge in [-0.25, -0.2) is 0 Å². The lowest BCUT2D eigenvalue weighted by molar-refractivity contribution is -0.176. The summed E-state index contributed by atoms with van der Waals surface area (Å²) in [6.45, 7) is 5.06. The molecule has 1 fully saturated rings. The van der Waals surface area contributed by atoms with Crippen LogP contribution in [0.15, 0.2) is 61.2 Å². The molecule has 5 heteroatoms. The number of para-hydroxylation sites is 1. The maximum absolute atomic E-state index is 12.9. The molecule has 2 aliphatic rings. The van der Waals surface area contributed by atoms with Crippen molar-refractivity contribution in [2.45, 2.75) is 24.6 Å². The SMILES string of the molecule is C=CC1COC2C(=O)N(Cc3ccc(OC)cc3)C2c2c1c1ccccc1n2C. The van der Waals surface area contributed by atoms with E-state index in [2.05, 4.69) is 42.5 Å². The Morgan fingerprint density at radius 2 is 1.97 bits per heavy atom. The number of nitrogens with zero attached hydrogens (tertiary/aromatic N) is 2. The quantitative estimate of drug-likeness (QED) is 0.502. The second-order valence-corrected chi connectivity index (χ2v) is 7.73. The highest BCUT2D eigenvalue weighted by Gasteiger charge is 2.53. The Labute approximate surface area is 170 Å². The molecule has 148 valence electrons. The average molecular weight is 388 g/mol. The molecule has 5 nitrogen and oxygen atoms in total. The van der Waals surface area contributed by atoms with Gasteiger partial charge in [-0.15, -0.1) is 6.58 Å². The second kappa shape index (κ2) is 6.78. The summed E-state index contributed by atoms with van der Waals surface area (Å²) in [5.41, 5.74) is 4.64. The van der Waals surface area contributed by atoms with Gasteiger partial charge in [0.2, 0.25) is 0 Å². The largest absolute Gasteiger partial charge is 0.497 e. The van der Waals surface area contributed by atoms with Crippen molar-refractivity contribution in [2.24, 2.45) is 7.05 Å². The number of β-lactam (4-membered cyclic amide) rings is 1. The van der Waals surface area contributed by atoms with Gasteiger partial charge in [0, 0.05) is 36.1 Å². The first-order valence-corrected chi connectivity index (χ1v) is 9.88. The van der Waals surface area contributed by atoms with Crippen molar-refractivity contribution in [3.05, 3.63) is 78.0 Å². The summed E-state index contributed by atoms with van der Waals surface area (Å²) in [7, 11) is 3.73. The number of ether oxygens (including phenoxy) is 2. The third-order valence-corrected chi connectivity index (χ3v) is 6.24. The van der Waals surface area contributed by atoms with Crippen molar-refractivity contribution in [3.63, 3.8) is 0 Å². The Morgan fingerprint density at radius 1 is 1.21 bits per heavy atom. The number of carbonyl (C=O) groups excluding carboxylic acids is 1. The highest BCUT2D eigenvalue weighted by Crippen LogP contribution is 2.47. The number of carbonyl (C=O) groups is 1. The van der Waals surface area contributed by atoms with Crippen molar-refractivity contribution in [2.75, 3.05) is 13.7 Å². The minimum Gasteiger partial charge on any atom is -0.497 e. The van der Waals surface area contributed by atoms with Gasteiger partial charge in [0.25, 0.3) is 5.91 Å². The Balaban J connectivity index is 1.59. The molecule has 1 amide bonds. The van der Waals surface area contributed by atoms with Crippen LogP contribution in [0.1, 0.15) is 28.8 Å². The van der Waals surface area contributed by atoms with Crippen LogP contribution >= 0.6 is 0 Å².